The first-order valence-corrected chi connectivity index (χ1v) is 6.15. The number of carbonyl (C=O) groups excluding carboxylic acids is 1. The van der Waals surface area contributed by atoms with Crippen molar-refractivity contribution in [1.29, 1.82) is 0 Å². The number of nitrogens with one attached hydrogen (secondary N) is 2. The largest absolute Gasteiger partial charge is 0.380 e. The van der Waals surface area contributed by atoms with Gasteiger partial charge in [-0.1, -0.05) is 19.9 Å². The number of H-pyrrole nitrogens is 1. The van der Waals surface area contributed by atoms with Gasteiger partial charge < -0.3 is 15.0 Å². The molecule has 5 nitrogen and oxygen atoms in total. The predicted octanol–water partition coefficient (Wildman–Crippen LogP) is 1.17. The Morgan fingerprint density at radius 1 is 1.39 bits per heavy atom. The van der Waals surface area contributed by atoms with Gasteiger partial charge in [-0.15, -0.1) is 0 Å². The van der Waals surface area contributed by atoms with Gasteiger partial charge in [0.2, 0.25) is 5.56 Å². The highest BCUT2D eigenvalue weighted by atomic mass is 16.5. The summed E-state index contributed by atoms with van der Waals surface area (Å²) in [6.45, 7) is 5.90. The third kappa shape index (κ3) is 5.63. The molecule has 18 heavy (non-hydrogen) atoms. The molecule has 0 aliphatic rings. The molecule has 0 aromatic carbocycles. The molecule has 2 N–H and O–H groups in total. The predicted molar refractivity (Wildman–Crippen MR) is 69.7 cm³/mol. The number of pyridine rings is 1. The average Bonchev–Trinajstić information content (AvgIpc) is 2.33. The van der Waals surface area contributed by atoms with E-state index in [2.05, 4.69) is 24.1 Å². The van der Waals surface area contributed by atoms with E-state index < -0.39 is 0 Å². The molecular weight excluding hydrogens is 232 g/mol. The molecule has 1 rings (SSSR count). The lowest BCUT2D eigenvalue weighted by Gasteiger charge is -2.07. The van der Waals surface area contributed by atoms with Gasteiger partial charge in [-0.3, -0.25) is 9.59 Å². The Bertz CT molecular complexity index is 426. The van der Waals surface area contributed by atoms with Crippen LogP contribution in [0.3, 0.4) is 0 Å². The fourth-order valence-corrected chi connectivity index (χ4v) is 1.33. The van der Waals surface area contributed by atoms with Gasteiger partial charge in [0, 0.05) is 19.2 Å². The van der Waals surface area contributed by atoms with Crippen LogP contribution < -0.4 is 10.9 Å². The molecule has 0 saturated heterocycles. The zero-order valence-corrected chi connectivity index (χ0v) is 10.9. The van der Waals surface area contributed by atoms with Crippen molar-refractivity contribution >= 4 is 5.91 Å². The first-order valence-electron chi connectivity index (χ1n) is 6.15. The van der Waals surface area contributed by atoms with Crippen LogP contribution in [0.1, 0.15) is 30.8 Å². The maximum absolute atomic E-state index is 11.6. The lowest BCUT2D eigenvalue weighted by molar-refractivity contribution is 0.0901. The topological polar surface area (TPSA) is 71.2 Å². The minimum Gasteiger partial charge on any atom is -0.380 e. The van der Waals surface area contributed by atoms with Crippen LogP contribution in [0.4, 0.5) is 0 Å². The van der Waals surface area contributed by atoms with Gasteiger partial charge in [0.25, 0.3) is 5.91 Å². The zero-order chi connectivity index (χ0) is 13.4. The van der Waals surface area contributed by atoms with E-state index in [4.69, 9.17) is 4.74 Å². The minimum atomic E-state index is -0.292. The van der Waals surface area contributed by atoms with Gasteiger partial charge in [0.05, 0.1) is 6.61 Å². The molecule has 1 amide bonds. The zero-order valence-electron chi connectivity index (χ0n) is 10.9. The number of hydrogen-bond donors (Lipinski definition) is 2. The highest BCUT2D eigenvalue weighted by molar-refractivity contribution is 5.92. The summed E-state index contributed by atoms with van der Waals surface area (Å²) in [5, 5.41) is 2.68. The normalized spacial score (nSPS) is 10.6. The lowest BCUT2D eigenvalue weighted by atomic mass is 10.1. The van der Waals surface area contributed by atoms with Crippen molar-refractivity contribution in [2.24, 2.45) is 5.92 Å². The Morgan fingerprint density at radius 2 is 2.17 bits per heavy atom. The van der Waals surface area contributed by atoms with Gasteiger partial charge in [0.1, 0.15) is 5.69 Å². The second kappa shape index (κ2) is 7.66. The Hall–Kier alpha value is -1.62. The van der Waals surface area contributed by atoms with E-state index in [-0.39, 0.29) is 17.2 Å². The molecule has 1 aromatic rings. The summed E-state index contributed by atoms with van der Waals surface area (Å²) in [7, 11) is 0. The van der Waals surface area contributed by atoms with E-state index in [9.17, 15) is 9.59 Å². The summed E-state index contributed by atoms with van der Waals surface area (Å²) < 4.78 is 5.37. The monoisotopic (exact) mass is 252 g/mol. The smallest absolute Gasteiger partial charge is 0.267 e. The molecule has 0 fully saturated rings. The maximum atomic E-state index is 11.6. The molecule has 0 saturated carbocycles. The van der Waals surface area contributed by atoms with Crippen molar-refractivity contribution in [3.8, 4) is 0 Å². The number of amides is 1. The second-order valence-corrected chi connectivity index (χ2v) is 4.48. The molecular formula is C13H20N2O3. The van der Waals surface area contributed by atoms with Crippen LogP contribution in [-0.4, -0.2) is 30.6 Å². The van der Waals surface area contributed by atoms with E-state index in [0.717, 1.165) is 6.42 Å². The highest BCUT2D eigenvalue weighted by Gasteiger charge is 2.04. The lowest BCUT2D eigenvalue weighted by Crippen LogP contribution is -2.29. The standard InChI is InChI=1S/C13H20N2O3/c1-10(2)6-8-18-9-7-14-13(17)11-4-3-5-12(16)15-11/h3-5,10H,6-9H2,1-2H3,(H,14,17)(H,15,16). The Labute approximate surface area is 107 Å². The van der Waals surface area contributed by atoms with Crippen molar-refractivity contribution in [1.82, 2.24) is 10.3 Å². The Balaban J connectivity index is 2.20. The van der Waals surface area contributed by atoms with Crippen LogP contribution in [0.15, 0.2) is 23.0 Å². The number of aromatic amines is 1. The third-order valence-electron chi connectivity index (χ3n) is 2.38. The molecule has 0 unspecified atom stereocenters. The fourth-order valence-electron chi connectivity index (χ4n) is 1.33. The van der Waals surface area contributed by atoms with Crippen molar-refractivity contribution in [2.45, 2.75) is 20.3 Å². The molecule has 1 heterocycles. The number of hydrogen-bond acceptors (Lipinski definition) is 3. The van der Waals surface area contributed by atoms with Gasteiger partial charge in [-0.2, -0.15) is 0 Å². The van der Waals surface area contributed by atoms with Crippen molar-refractivity contribution in [3.63, 3.8) is 0 Å². The quantitative estimate of drug-likeness (QED) is 0.715. The number of ether oxygens (including phenoxy) is 1. The first-order chi connectivity index (χ1) is 8.59. The van der Waals surface area contributed by atoms with E-state index in [0.29, 0.717) is 25.7 Å². The molecule has 0 aliphatic carbocycles. The molecule has 0 atom stereocenters. The maximum Gasteiger partial charge on any atom is 0.267 e. The fraction of sp³-hybridized carbons (Fsp3) is 0.538. The van der Waals surface area contributed by atoms with Crippen LogP contribution in [0.2, 0.25) is 0 Å². The number of aromatic nitrogens is 1. The van der Waals surface area contributed by atoms with Crippen LogP contribution in [0.25, 0.3) is 0 Å². The van der Waals surface area contributed by atoms with Gasteiger partial charge >= 0.3 is 0 Å². The molecule has 0 radical (unpaired) electrons. The summed E-state index contributed by atoms with van der Waals surface area (Å²) in [4.78, 5) is 25.1. The minimum absolute atomic E-state index is 0.268. The first kappa shape index (κ1) is 14.4. The van der Waals surface area contributed by atoms with E-state index >= 15 is 0 Å². The van der Waals surface area contributed by atoms with Crippen molar-refractivity contribution in [3.05, 3.63) is 34.2 Å². The molecule has 0 aliphatic heterocycles. The summed E-state index contributed by atoms with van der Waals surface area (Å²) in [6, 6.07) is 4.48. The summed E-state index contributed by atoms with van der Waals surface area (Å²) in [5.41, 5.74) is -0.0134. The van der Waals surface area contributed by atoms with Gasteiger partial charge in [-0.25, -0.2) is 0 Å². The van der Waals surface area contributed by atoms with Crippen LogP contribution in [0, 0.1) is 5.92 Å². The molecule has 1 aromatic heterocycles. The SMILES string of the molecule is CC(C)CCOCCNC(=O)c1cccc(=O)[nH]1. The molecule has 100 valence electrons. The number of carbonyl (C=O) groups is 1. The second-order valence-electron chi connectivity index (χ2n) is 4.48. The van der Waals surface area contributed by atoms with Crippen LogP contribution >= 0.6 is 0 Å². The Morgan fingerprint density at radius 3 is 2.83 bits per heavy atom. The average molecular weight is 252 g/mol. The molecule has 0 spiro atoms. The van der Waals surface area contributed by atoms with Crippen molar-refractivity contribution < 1.29 is 9.53 Å². The van der Waals surface area contributed by atoms with E-state index in [1.807, 2.05) is 0 Å². The van der Waals surface area contributed by atoms with E-state index in [1.54, 1.807) is 12.1 Å². The summed E-state index contributed by atoms with van der Waals surface area (Å²) in [6.07, 6.45) is 1.01. The van der Waals surface area contributed by atoms with E-state index in [1.165, 1.54) is 6.07 Å². The number of rotatable bonds is 7. The van der Waals surface area contributed by atoms with Crippen LogP contribution in [-0.2, 0) is 4.74 Å². The highest BCUT2D eigenvalue weighted by Crippen LogP contribution is 1.98. The van der Waals surface area contributed by atoms with Crippen LogP contribution in [0.5, 0.6) is 0 Å². The molecule has 0 bridgehead atoms. The van der Waals surface area contributed by atoms with Gasteiger partial charge in [-0.05, 0) is 18.4 Å². The summed E-state index contributed by atoms with van der Waals surface area (Å²) >= 11 is 0. The Kier molecular flexibility index (Phi) is 6.14. The van der Waals surface area contributed by atoms with Crippen molar-refractivity contribution in [2.75, 3.05) is 19.8 Å². The third-order valence-corrected chi connectivity index (χ3v) is 2.38. The molecule has 5 heteroatoms. The van der Waals surface area contributed by atoms with Gasteiger partial charge in [0.15, 0.2) is 0 Å². The summed E-state index contributed by atoms with van der Waals surface area (Å²) in [5.74, 6) is 0.328.